The summed E-state index contributed by atoms with van der Waals surface area (Å²) in [6, 6.07) is 16.6. The van der Waals surface area contributed by atoms with Crippen molar-refractivity contribution in [1.82, 2.24) is 0 Å². The Morgan fingerprint density at radius 3 is 2.17 bits per heavy atom. The highest BCUT2D eigenvalue weighted by Gasteiger charge is 2.10. The minimum absolute atomic E-state index is 0.352. The molecule has 0 saturated heterocycles. The maximum absolute atomic E-state index is 5.91. The molecule has 0 aliphatic rings. The summed E-state index contributed by atoms with van der Waals surface area (Å²) in [5, 5.41) is 0.768. The second kappa shape index (κ2) is 6.03. The first kappa shape index (κ1) is 13.1. The molecule has 1 unspecified atom stereocenters. The molecule has 2 aromatic carbocycles. The minimum atomic E-state index is 0.352. The maximum atomic E-state index is 5.91. The number of hydrogen-bond donors (Lipinski definition) is 1. The van der Waals surface area contributed by atoms with Crippen molar-refractivity contribution in [1.29, 1.82) is 0 Å². The molecule has 0 aromatic heterocycles. The Labute approximate surface area is 114 Å². The summed E-state index contributed by atoms with van der Waals surface area (Å²) in [7, 11) is 0. The molecule has 0 saturated carbocycles. The van der Waals surface area contributed by atoms with E-state index in [-0.39, 0.29) is 0 Å². The van der Waals surface area contributed by atoms with Crippen LogP contribution in [0.2, 0.25) is 5.02 Å². The van der Waals surface area contributed by atoms with Gasteiger partial charge in [-0.25, -0.2) is 0 Å². The van der Waals surface area contributed by atoms with Gasteiger partial charge in [-0.05, 0) is 43.1 Å². The number of rotatable bonds is 4. The summed E-state index contributed by atoms with van der Waals surface area (Å²) in [5.41, 5.74) is 9.75. The van der Waals surface area contributed by atoms with Crippen LogP contribution in [0.4, 0.5) is 0 Å². The maximum Gasteiger partial charge on any atom is 0.0406 e. The van der Waals surface area contributed by atoms with E-state index in [1.165, 1.54) is 16.7 Å². The minimum Gasteiger partial charge on any atom is -0.330 e. The van der Waals surface area contributed by atoms with Gasteiger partial charge in [0.05, 0.1) is 0 Å². The molecule has 2 aromatic rings. The summed E-state index contributed by atoms with van der Waals surface area (Å²) < 4.78 is 0. The van der Waals surface area contributed by atoms with Crippen molar-refractivity contribution >= 4 is 11.6 Å². The average molecular weight is 260 g/mol. The van der Waals surface area contributed by atoms with Crippen LogP contribution in [0.1, 0.15) is 22.6 Å². The van der Waals surface area contributed by atoms with E-state index in [9.17, 15) is 0 Å². The van der Waals surface area contributed by atoms with Gasteiger partial charge < -0.3 is 5.73 Å². The van der Waals surface area contributed by atoms with Gasteiger partial charge in [-0.15, -0.1) is 0 Å². The molecule has 18 heavy (non-hydrogen) atoms. The van der Waals surface area contributed by atoms with Crippen molar-refractivity contribution in [2.75, 3.05) is 6.54 Å². The van der Waals surface area contributed by atoms with Gasteiger partial charge in [-0.3, -0.25) is 0 Å². The smallest absolute Gasteiger partial charge is 0.0406 e. The third kappa shape index (κ3) is 3.34. The molecule has 0 radical (unpaired) electrons. The highest BCUT2D eigenvalue weighted by atomic mass is 35.5. The van der Waals surface area contributed by atoms with Gasteiger partial charge >= 0.3 is 0 Å². The van der Waals surface area contributed by atoms with Gasteiger partial charge in [0.2, 0.25) is 0 Å². The van der Waals surface area contributed by atoms with E-state index in [1.807, 2.05) is 12.1 Å². The van der Waals surface area contributed by atoms with E-state index in [2.05, 4.69) is 43.3 Å². The molecule has 0 aliphatic heterocycles. The Hall–Kier alpha value is -1.31. The fraction of sp³-hybridized carbons (Fsp3) is 0.250. The summed E-state index contributed by atoms with van der Waals surface area (Å²) in [6.45, 7) is 2.75. The largest absolute Gasteiger partial charge is 0.330 e. The molecule has 0 aliphatic carbocycles. The van der Waals surface area contributed by atoms with Crippen LogP contribution in [0.5, 0.6) is 0 Å². The second-order valence-corrected chi connectivity index (χ2v) is 5.11. The zero-order valence-corrected chi connectivity index (χ0v) is 11.3. The molecule has 2 rings (SSSR count). The first-order valence-electron chi connectivity index (χ1n) is 6.20. The third-order valence-electron chi connectivity index (χ3n) is 3.23. The summed E-state index contributed by atoms with van der Waals surface area (Å²) >= 11 is 5.91. The van der Waals surface area contributed by atoms with Crippen molar-refractivity contribution in [3.05, 3.63) is 70.2 Å². The molecule has 2 N–H and O–H groups in total. The molecule has 2 heteroatoms. The molecule has 1 nitrogen and oxygen atoms in total. The topological polar surface area (TPSA) is 26.0 Å². The number of aryl methyl sites for hydroxylation is 1. The predicted molar refractivity (Wildman–Crippen MR) is 78.1 cm³/mol. The fourth-order valence-corrected chi connectivity index (χ4v) is 2.21. The lowest BCUT2D eigenvalue weighted by Crippen LogP contribution is -2.15. The zero-order chi connectivity index (χ0) is 13.0. The van der Waals surface area contributed by atoms with Gasteiger partial charge in [-0.2, -0.15) is 0 Å². The number of hydrogen-bond acceptors (Lipinski definition) is 1. The quantitative estimate of drug-likeness (QED) is 0.885. The molecular weight excluding hydrogens is 242 g/mol. The number of benzene rings is 2. The van der Waals surface area contributed by atoms with Gasteiger partial charge in [-0.1, -0.05) is 53.6 Å². The monoisotopic (exact) mass is 259 g/mol. The zero-order valence-electron chi connectivity index (χ0n) is 10.6. The molecule has 0 amide bonds. The van der Waals surface area contributed by atoms with E-state index in [4.69, 9.17) is 17.3 Å². The normalized spacial score (nSPS) is 12.4. The van der Waals surface area contributed by atoms with Crippen LogP contribution in [0.25, 0.3) is 0 Å². The van der Waals surface area contributed by atoms with Crippen molar-refractivity contribution in [2.24, 2.45) is 5.73 Å². The number of halogens is 1. The lowest BCUT2D eigenvalue weighted by atomic mass is 9.92. The van der Waals surface area contributed by atoms with E-state index in [0.29, 0.717) is 12.5 Å². The highest BCUT2D eigenvalue weighted by Crippen LogP contribution is 2.22. The Morgan fingerprint density at radius 1 is 1.00 bits per heavy atom. The van der Waals surface area contributed by atoms with E-state index in [0.717, 1.165) is 11.4 Å². The van der Waals surface area contributed by atoms with Crippen LogP contribution in [-0.2, 0) is 6.42 Å². The van der Waals surface area contributed by atoms with Crippen LogP contribution >= 0.6 is 11.6 Å². The fourth-order valence-electron chi connectivity index (χ4n) is 2.08. The molecule has 0 bridgehead atoms. The van der Waals surface area contributed by atoms with Crippen molar-refractivity contribution in [3.8, 4) is 0 Å². The van der Waals surface area contributed by atoms with Crippen LogP contribution in [-0.4, -0.2) is 6.54 Å². The van der Waals surface area contributed by atoms with Crippen LogP contribution in [0.15, 0.2) is 48.5 Å². The SMILES string of the molecule is Cc1ccc(CC(CN)c2ccc(Cl)cc2)cc1. The van der Waals surface area contributed by atoms with Crippen molar-refractivity contribution in [2.45, 2.75) is 19.3 Å². The van der Waals surface area contributed by atoms with Gasteiger partial charge in [0.1, 0.15) is 0 Å². The van der Waals surface area contributed by atoms with E-state index >= 15 is 0 Å². The second-order valence-electron chi connectivity index (χ2n) is 4.67. The lowest BCUT2D eigenvalue weighted by Gasteiger charge is -2.15. The Bertz CT molecular complexity index is 488. The van der Waals surface area contributed by atoms with E-state index < -0.39 is 0 Å². The Kier molecular flexibility index (Phi) is 4.40. The summed E-state index contributed by atoms with van der Waals surface area (Å²) in [5.74, 6) is 0.352. The molecule has 94 valence electrons. The van der Waals surface area contributed by atoms with Gasteiger partial charge in [0, 0.05) is 10.9 Å². The Balaban J connectivity index is 2.14. The van der Waals surface area contributed by atoms with Gasteiger partial charge in [0.15, 0.2) is 0 Å². The third-order valence-corrected chi connectivity index (χ3v) is 3.48. The van der Waals surface area contributed by atoms with Crippen molar-refractivity contribution < 1.29 is 0 Å². The average Bonchev–Trinajstić information content (AvgIpc) is 2.39. The standard InChI is InChI=1S/C16H18ClN/c1-12-2-4-13(5-3-12)10-15(11-18)14-6-8-16(17)9-7-14/h2-9,15H,10-11,18H2,1H3. The van der Waals surface area contributed by atoms with Crippen LogP contribution in [0.3, 0.4) is 0 Å². The van der Waals surface area contributed by atoms with Crippen molar-refractivity contribution in [3.63, 3.8) is 0 Å². The first-order valence-corrected chi connectivity index (χ1v) is 6.58. The van der Waals surface area contributed by atoms with E-state index in [1.54, 1.807) is 0 Å². The molecule has 0 fully saturated rings. The molecule has 1 atom stereocenters. The Morgan fingerprint density at radius 2 is 1.61 bits per heavy atom. The van der Waals surface area contributed by atoms with Crippen LogP contribution < -0.4 is 5.73 Å². The van der Waals surface area contributed by atoms with Crippen LogP contribution in [0, 0.1) is 6.92 Å². The molecular formula is C16H18ClN. The number of nitrogens with two attached hydrogens (primary N) is 1. The molecule has 0 heterocycles. The highest BCUT2D eigenvalue weighted by molar-refractivity contribution is 6.30. The first-order chi connectivity index (χ1) is 8.69. The summed E-state index contributed by atoms with van der Waals surface area (Å²) in [6.07, 6.45) is 0.971. The van der Waals surface area contributed by atoms with Gasteiger partial charge in [0.25, 0.3) is 0 Å². The molecule has 0 spiro atoms. The lowest BCUT2D eigenvalue weighted by molar-refractivity contribution is 0.694. The predicted octanol–water partition coefficient (Wildman–Crippen LogP) is 3.93. The summed E-state index contributed by atoms with van der Waals surface area (Å²) in [4.78, 5) is 0.